The normalized spacial score (nSPS) is 12.5. The van der Waals surface area contributed by atoms with E-state index in [9.17, 15) is 9.59 Å². The van der Waals surface area contributed by atoms with Crippen LogP contribution in [0.1, 0.15) is 63.9 Å². The number of ether oxygens (including phenoxy) is 1. The summed E-state index contributed by atoms with van der Waals surface area (Å²) in [7, 11) is 3.60. The van der Waals surface area contributed by atoms with E-state index >= 15 is 0 Å². The van der Waals surface area contributed by atoms with Crippen molar-refractivity contribution in [2.45, 2.75) is 66.2 Å². The molecule has 8 nitrogen and oxygen atoms in total. The number of halogens is 1. The van der Waals surface area contributed by atoms with Gasteiger partial charge in [0.05, 0.1) is 6.54 Å². The molecular formula is C24H42IN5O3. The number of amides is 2. The second kappa shape index (κ2) is 15.0. The van der Waals surface area contributed by atoms with Crippen molar-refractivity contribution in [2.24, 2.45) is 10.9 Å². The van der Waals surface area contributed by atoms with E-state index in [0.29, 0.717) is 18.7 Å². The third-order valence-corrected chi connectivity index (χ3v) is 4.81. The average molecular weight is 576 g/mol. The van der Waals surface area contributed by atoms with Crippen molar-refractivity contribution >= 4 is 41.9 Å². The van der Waals surface area contributed by atoms with E-state index in [-0.39, 0.29) is 41.8 Å². The summed E-state index contributed by atoms with van der Waals surface area (Å²) in [6.45, 7) is 13.7. The monoisotopic (exact) mass is 575 g/mol. The van der Waals surface area contributed by atoms with E-state index in [1.54, 1.807) is 13.1 Å². The zero-order valence-electron chi connectivity index (χ0n) is 21.3. The van der Waals surface area contributed by atoms with Crippen molar-refractivity contribution in [3.63, 3.8) is 0 Å². The minimum absolute atomic E-state index is 0. The van der Waals surface area contributed by atoms with Crippen LogP contribution in [0.15, 0.2) is 29.3 Å². The largest absolute Gasteiger partial charge is 0.444 e. The van der Waals surface area contributed by atoms with Crippen LogP contribution in [0.25, 0.3) is 0 Å². The Labute approximate surface area is 216 Å². The molecule has 9 heteroatoms. The van der Waals surface area contributed by atoms with Gasteiger partial charge in [-0.2, -0.15) is 0 Å². The topological polar surface area (TPSA) is 95.1 Å². The summed E-state index contributed by atoms with van der Waals surface area (Å²) in [4.78, 5) is 30.8. The van der Waals surface area contributed by atoms with Crippen molar-refractivity contribution in [3.05, 3.63) is 35.4 Å². The van der Waals surface area contributed by atoms with E-state index in [1.807, 2.05) is 52.9 Å². The van der Waals surface area contributed by atoms with Crippen LogP contribution in [0.4, 0.5) is 4.79 Å². The van der Waals surface area contributed by atoms with Crippen molar-refractivity contribution < 1.29 is 14.3 Å². The molecule has 0 saturated heterocycles. The molecule has 0 saturated carbocycles. The number of hydrogen-bond acceptors (Lipinski definition) is 4. The Morgan fingerprint density at radius 3 is 2.42 bits per heavy atom. The Morgan fingerprint density at radius 2 is 1.88 bits per heavy atom. The third kappa shape index (κ3) is 12.1. The standard InChI is InChI=1S/C24H41N5O3.HI/c1-9-26-22(27-16-18-11-10-12-19(15-18)21(30)25-7)29(8)14-13-20(17(2)3)28-23(31)32-24(4,5)6;/h10-12,15,17,20H,9,13-14,16H2,1-8H3,(H,25,30)(H,26,27)(H,28,31);1H. The van der Waals surface area contributed by atoms with Crippen LogP contribution in [0.5, 0.6) is 0 Å². The zero-order valence-corrected chi connectivity index (χ0v) is 23.7. The van der Waals surface area contributed by atoms with Crippen molar-refractivity contribution in [1.82, 2.24) is 20.9 Å². The molecule has 33 heavy (non-hydrogen) atoms. The van der Waals surface area contributed by atoms with Gasteiger partial charge in [0, 0.05) is 38.8 Å². The molecule has 2 amide bonds. The first-order valence-electron chi connectivity index (χ1n) is 11.3. The zero-order chi connectivity index (χ0) is 24.3. The molecule has 0 radical (unpaired) electrons. The minimum atomic E-state index is -0.525. The molecule has 0 spiro atoms. The lowest BCUT2D eigenvalue weighted by atomic mass is 10.0. The Balaban J connectivity index is 0.0000102. The first-order valence-corrected chi connectivity index (χ1v) is 11.3. The van der Waals surface area contributed by atoms with Gasteiger partial charge in [-0.1, -0.05) is 26.0 Å². The number of carbonyl (C=O) groups is 2. The SMILES string of the molecule is CCNC(=NCc1cccc(C(=O)NC)c1)N(C)CCC(NC(=O)OC(C)(C)C)C(C)C.I. The first-order chi connectivity index (χ1) is 15.0. The molecule has 188 valence electrons. The van der Waals surface area contributed by atoms with Crippen LogP contribution in [0, 0.1) is 5.92 Å². The molecule has 0 bridgehead atoms. The van der Waals surface area contributed by atoms with Gasteiger partial charge in [-0.3, -0.25) is 4.79 Å². The quantitative estimate of drug-likeness (QED) is 0.235. The fourth-order valence-corrected chi connectivity index (χ4v) is 3.06. The molecule has 0 aliphatic rings. The summed E-state index contributed by atoms with van der Waals surface area (Å²) >= 11 is 0. The Morgan fingerprint density at radius 1 is 1.21 bits per heavy atom. The second-order valence-corrected chi connectivity index (χ2v) is 9.16. The van der Waals surface area contributed by atoms with Crippen molar-refractivity contribution in [1.29, 1.82) is 0 Å². The van der Waals surface area contributed by atoms with Gasteiger partial charge in [0.2, 0.25) is 0 Å². The Bertz CT molecular complexity index is 778. The average Bonchev–Trinajstić information content (AvgIpc) is 2.71. The molecule has 3 N–H and O–H groups in total. The number of benzene rings is 1. The molecule has 1 atom stereocenters. The number of nitrogens with one attached hydrogen (secondary N) is 3. The van der Waals surface area contributed by atoms with E-state index in [2.05, 4.69) is 34.7 Å². The highest BCUT2D eigenvalue weighted by Crippen LogP contribution is 2.12. The molecule has 0 fully saturated rings. The molecule has 1 unspecified atom stereocenters. The molecule has 0 heterocycles. The van der Waals surface area contributed by atoms with E-state index < -0.39 is 11.7 Å². The number of guanidine groups is 1. The Kier molecular flexibility index (Phi) is 14.1. The van der Waals surface area contributed by atoms with Gasteiger partial charge >= 0.3 is 6.09 Å². The minimum Gasteiger partial charge on any atom is -0.444 e. The van der Waals surface area contributed by atoms with Crippen LogP contribution in [-0.2, 0) is 11.3 Å². The van der Waals surface area contributed by atoms with Crippen molar-refractivity contribution in [3.8, 4) is 0 Å². The van der Waals surface area contributed by atoms with E-state index in [1.165, 1.54) is 0 Å². The van der Waals surface area contributed by atoms with Crippen molar-refractivity contribution in [2.75, 3.05) is 27.2 Å². The molecule has 0 aliphatic carbocycles. The summed E-state index contributed by atoms with van der Waals surface area (Å²) < 4.78 is 5.41. The fraction of sp³-hybridized carbons (Fsp3) is 0.625. The highest BCUT2D eigenvalue weighted by atomic mass is 127. The van der Waals surface area contributed by atoms with Gasteiger partial charge in [0.15, 0.2) is 5.96 Å². The van der Waals surface area contributed by atoms with Gasteiger partial charge < -0.3 is 25.6 Å². The maximum atomic E-state index is 12.2. The van der Waals surface area contributed by atoms with Crippen LogP contribution in [0.3, 0.4) is 0 Å². The number of rotatable bonds is 9. The van der Waals surface area contributed by atoms with Gasteiger partial charge in [-0.15, -0.1) is 24.0 Å². The van der Waals surface area contributed by atoms with Gasteiger partial charge in [0.25, 0.3) is 5.91 Å². The second-order valence-electron chi connectivity index (χ2n) is 9.16. The predicted molar refractivity (Wildman–Crippen MR) is 145 cm³/mol. The lowest BCUT2D eigenvalue weighted by Gasteiger charge is -2.28. The van der Waals surface area contributed by atoms with E-state index in [4.69, 9.17) is 9.73 Å². The lowest BCUT2D eigenvalue weighted by Crippen LogP contribution is -2.45. The molecular weight excluding hydrogens is 533 g/mol. The van der Waals surface area contributed by atoms with Crippen LogP contribution in [0.2, 0.25) is 0 Å². The first kappa shape index (κ1) is 31.0. The van der Waals surface area contributed by atoms with Gasteiger partial charge in [-0.25, -0.2) is 9.79 Å². The molecule has 1 aromatic carbocycles. The highest BCUT2D eigenvalue weighted by molar-refractivity contribution is 14.0. The number of alkyl carbamates (subject to hydrolysis) is 1. The fourth-order valence-electron chi connectivity index (χ4n) is 3.06. The van der Waals surface area contributed by atoms with Gasteiger partial charge in [0.1, 0.15) is 5.60 Å². The number of aliphatic imine (C=N–C) groups is 1. The summed E-state index contributed by atoms with van der Waals surface area (Å²) in [5, 5.41) is 8.94. The maximum absolute atomic E-state index is 12.2. The lowest BCUT2D eigenvalue weighted by molar-refractivity contribution is 0.0485. The summed E-state index contributed by atoms with van der Waals surface area (Å²) in [5.74, 6) is 0.928. The molecule has 0 aliphatic heterocycles. The number of hydrogen-bond donors (Lipinski definition) is 3. The van der Waals surface area contributed by atoms with Crippen LogP contribution in [-0.4, -0.2) is 61.7 Å². The van der Waals surface area contributed by atoms with Crippen LogP contribution < -0.4 is 16.0 Å². The number of carbonyl (C=O) groups excluding carboxylic acids is 2. The number of nitrogens with zero attached hydrogens (tertiary/aromatic N) is 2. The van der Waals surface area contributed by atoms with Gasteiger partial charge in [-0.05, 0) is 57.7 Å². The highest BCUT2D eigenvalue weighted by Gasteiger charge is 2.22. The van der Waals surface area contributed by atoms with Crippen LogP contribution >= 0.6 is 24.0 Å². The molecule has 1 rings (SSSR count). The smallest absolute Gasteiger partial charge is 0.407 e. The summed E-state index contributed by atoms with van der Waals surface area (Å²) in [6, 6.07) is 7.44. The summed E-state index contributed by atoms with van der Waals surface area (Å²) in [5.41, 5.74) is 1.05. The summed E-state index contributed by atoms with van der Waals surface area (Å²) in [6.07, 6.45) is 0.361. The van der Waals surface area contributed by atoms with E-state index in [0.717, 1.165) is 24.5 Å². The molecule has 1 aromatic rings. The third-order valence-electron chi connectivity index (χ3n) is 4.81. The maximum Gasteiger partial charge on any atom is 0.407 e. The molecule has 0 aromatic heterocycles. The predicted octanol–water partition coefficient (Wildman–Crippen LogP) is 4.00. The Hall–Kier alpha value is -2.04.